The van der Waals surface area contributed by atoms with E-state index in [1.807, 2.05) is 67.6 Å². The second-order valence-corrected chi connectivity index (χ2v) is 8.50. The van der Waals surface area contributed by atoms with Crippen LogP contribution >= 0.6 is 0 Å². The van der Waals surface area contributed by atoms with E-state index in [0.29, 0.717) is 0 Å². The molecule has 0 saturated heterocycles. The van der Waals surface area contributed by atoms with Gasteiger partial charge in [-0.15, -0.1) is 0 Å². The Morgan fingerprint density at radius 1 is 0.750 bits per heavy atom. The molecule has 0 heterocycles. The average Bonchev–Trinajstić information content (AvgIpc) is 2.67. The summed E-state index contributed by atoms with van der Waals surface area (Å²) in [4.78, 5) is 13.5. The number of benzene rings is 3. The molecule has 1 unspecified atom stereocenters. The molecule has 7 heteroatoms. The topological polar surface area (TPSA) is 17.1 Å². The number of aryl methyl sites for hydroxylation is 1. The summed E-state index contributed by atoms with van der Waals surface area (Å²) >= 11 is 0.841. The van der Waals surface area contributed by atoms with Crippen LogP contribution < -0.4 is 0 Å². The van der Waals surface area contributed by atoms with Crippen LogP contribution in [-0.4, -0.2) is 29.9 Å². The quantitative estimate of drug-likeness (QED) is 0.318. The molecule has 3 aromatic rings. The van der Waals surface area contributed by atoms with Crippen LogP contribution in [0.5, 0.6) is 0 Å². The van der Waals surface area contributed by atoms with Crippen LogP contribution in [0.15, 0.2) is 84.9 Å². The first-order chi connectivity index (χ1) is 13.1. The Kier molecular flexibility index (Phi) is 7.25. The molecule has 146 valence electrons. The summed E-state index contributed by atoms with van der Waals surface area (Å²) < 4.78 is 38.4. The fourth-order valence-corrected chi connectivity index (χ4v) is 4.32. The number of halogens is 4. The minimum Gasteiger partial charge on any atom is -0.418 e. The van der Waals surface area contributed by atoms with Gasteiger partial charge in [-0.1, -0.05) is 0 Å². The van der Waals surface area contributed by atoms with Crippen LogP contribution in [0.4, 0.5) is 17.3 Å². The molecule has 0 amide bonds. The van der Waals surface area contributed by atoms with Crippen LogP contribution in [0.2, 0.25) is 0 Å². The van der Waals surface area contributed by atoms with Crippen LogP contribution in [0.25, 0.3) is 0 Å². The minimum absolute atomic E-state index is 0.188. The van der Waals surface area contributed by atoms with E-state index in [1.165, 1.54) is 0 Å². The summed E-state index contributed by atoms with van der Waals surface area (Å²) in [6.45, 7) is 2.00. The minimum atomic E-state index is -6.00. The van der Waals surface area contributed by atoms with Crippen molar-refractivity contribution in [3.63, 3.8) is 0 Å². The fraction of sp³-hybridized carbons (Fsp3) is 0.0952. The van der Waals surface area contributed by atoms with Gasteiger partial charge in [0.15, 0.2) is 0 Å². The summed E-state index contributed by atoms with van der Waals surface area (Å²) in [5, 5.41) is 0. The molecule has 1 nitrogen and oxygen atoms in total. The molecular weight excluding hydrogens is 430 g/mol. The Bertz CT molecular complexity index is 869. The van der Waals surface area contributed by atoms with Gasteiger partial charge in [-0.05, 0) is 0 Å². The monoisotopic (exact) mass is 450 g/mol. The Balaban J connectivity index is 0.000000500. The van der Waals surface area contributed by atoms with Gasteiger partial charge in [0, 0.05) is 0 Å². The first kappa shape index (κ1) is 22.0. The van der Waals surface area contributed by atoms with Crippen molar-refractivity contribution >= 4 is 29.9 Å². The third kappa shape index (κ3) is 5.59. The maximum absolute atomic E-state index is 13.5. The zero-order valence-corrected chi connectivity index (χ0v) is 18.3. The predicted octanol–water partition coefficient (Wildman–Crippen LogP) is 4.79. The van der Waals surface area contributed by atoms with Gasteiger partial charge < -0.3 is 17.3 Å². The molecule has 0 radical (unpaired) electrons. The van der Waals surface area contributed by atoms with Crippen molar-refractivity contribution in [2.75, 3.05) is 0 Å². The molecule has 0 bridgehead atoms. The molecule has 1 atom stereocenters. The van der Waals surface area contributed by atoms with Gasteiger partial charge in [0.05, 0.1) is 0 Å². The summed E-state index contributed by atoms with van der Waals surface area (Å²) in [6, 6.07) is 28.1. The van der Waals surface area contributed by atoms with E-state index >= 15 is 0 Å². The van der Waals surface area contributed by atoms with Crippen LogP contribution in [0, 0.1) is 6.92 Å². The maximum atomic E-state index is 13.5. The number of Topliss-reactive ketones (excluding diaryl/α,β-unsaturated/α-hetero) is 1. The number of hydrogen-bond acceptors (Lipinski definition) is 1. The smallest absolute Gasteiger partial charge is 0.418 e. The van der Waals surface area contributed by atoms with E-state index in [0.717, 1.165) is 39.1 Å². The summed E-state index contributed by atoms with van der Waals surface area (Å²) in [5.41, 5.74) is 3.98. The Labute approximate surface area is 170 Å². The SMILES string of the molecule is Cc1ccccc1C(=O)C([AsH3+])(c1ccccc1)c1ccccc1.F[B-](F)(F)F. The maximum Gasteiger partial charge on any atom is 0.673 e. The van der Waals surface area contributed by atoms with E-state index in [4.69, 9.17) is 0 Å². The molecule has 0 fully saturated rings. The van der Waals surface area contributed by atoms with Crippen LogP contribution in [0.1, 0.15) is 27.0 Å². The molecule has 0 saturated carbocycles. The van der Waals surface area contributed by atoms with Gasteiger partial charge in [0.2, 0.25) is 0 Å². The molecule has 28 heavy (non-hydrogen) atoms. The summed E-state index contributed by atoms with van der Waals surface area (Å²) in [7, 11) is -6.00. The second kappa shape index (κ2) is 9.25. The van der Waals surface area contributed by atoms with Crippen molar-refractivity contribution in [2.45, 2.75) is 11.1 Å². The fourth-order valence-electron chi connectivity index (χ4n) is 2.93. The molecule has 0 aliphatic carbocycles. The van der Waals surface area contributed by atoms with Gasteiger partial charge in [0.1, 0.15) is 0 Å². The van der Waals surface area contributed by atoms with Gasteiger partial charge in [0.25, 0.3) is 0 Å². The van der Waals surface area contributed by atoms with Crippen molar-refractivity contribution in [2.24, 2.45) is 0 Å². The number of ketones is 1. The second-order valence-electron chi connectivity index (χ2n) is 6.28. The third-order valence-electron chi connectivity index (χ3n) is 4.31. The third-order valence-corrected chi connectivity index (χ3v) is 6.70. The van der Waals surface area contributed by atoms with E-state index in [1.54, 1.807) is 0 Å². The first-order valence-corrected chi connectivity index (χ1v) is 10.1. The largest absolute Gasteiger partial charge is 0.673 e. The van der Waals surface area contributed by atoms with Gasteiger partial charge in [-0.3, -0.25) is 0 Å². The molecular formula is C21H20AsBF4O. The molecule has 3 aromatic carbocycles. The number of carbonyl (C=O) groups excluding carboxylic acids is 1. The predicted molar refractivity (Wildman–Crippen MR) is 109 cm³/mol. The Morgan fingerprint density at radius 2 is 1.11 bits per heavy atom. The van der Waals surface area contributed by atoms with Crippen molar-refractivity contribution < 1.29 is 22.1 Å². The first-order valence-electron chi connectivity index (χ1n) is 8.58. The summed E-state index contributed by atoms with van der Waals surface area (Å²) in [6.07, 6.45) is 0. The number of hydrogen-bond donors (Lipinski definition) is 0. The van der Waals surface area contributed by atoms with Crippen molar-refractivity contribution in [1.82, 2.24) is 0 Å². The van der Waals surface area contributed by atoms with Gasteiger partial charge >= 0.3 is 153 Å². The zero-order chi connectivity index (χ0) is 20.8. The standard InChI is InChI=1S/C21H20AsO.BF4/c1-16-10-8-9-15-19(16)20(23)21(22,17-11-4-2-5-12-17)18-13-6-3-7-14-18;2-1(3,4)5/h2-15H,1,22H3;/q+1;-1. The molecule has 0 N–H and O–H groups in total. The zero-order valence-electron chi connectivity index (χ0n) is 15.3. The number of carbonyl (C=O) groups is 1. The number of rotatable bonds is 4. The molecule has 0 aromatic heterocycles. The molecule has 3 rings (SSSR count). The van der Waals surface area contributed by atoms with Gasteiger partial charge in [-0.2, -0.15) is 0 Å². The van der Waals surface area contributed by atoms with Crippen molar-refractivity contribution in [3.05, 3.63) is 107 Å². The molecule has 0 aliphatic rings. The van der Waals surface area contributed by atoms with E-state index in [-0.39, 0.29) is 5.78 Å². The molecule has 0 spiro atoms. The molecule has 0 aliphatic heterocycles. The summed E-state index contributed by atoms with van der Waals surface area (Å²) in [5.74, 6) is 0.188. The van der Waals surface area contributed by atoms with E-state index < -0.39 is 11.5 Å². The average molecular weight is 450 g/mol. The van der Waals surface area contributed by atoms with E-state index in [2.05, 4.69) is 24.3 Å². The van der Waals surface area contributed by atoms with Crippen molar-refractivity contribution in [1.29, 1.82) is 0 Å². The van der Waals surface area contributed by atoms with Gasteiger partial charge in [-0.25, -0.2) is 0 Å². The normalized spacial score (nSPS) is 11.5. The Morgan fingerprint density at radius 3 is 1.50 bits per heavy atom. The van der Waals surface area contributed by atoms with E-state index in [9.17, 15) is 22.1 Å². The van der Waals surface area contributed by atoms with Crippen LogP contribution in [0.3, 0.4) is 0 Å². The van der Waals surface area contributed by atoms with Crippen LogP contribution in [-0.2, 0) is 4.20 Å². The Hall–Kier alpha value is -2.33. The van der Waals surface area contributed by atoms with Crippen molar-refractivity contribution in [3.8, 4) is 0 Å².